The Morgan fingerprint density at radius 3 is 2.55 bits per heavy atom. The molecule has 0 amide bonds. The quantitative estimate of drug-likeness (QED) is 0.800. The normalized spacial score (nSPS) is 21.5. The van der Waals surface area contributed by atoms with Gasteiger partial charge in [0, 0.05) is 63.8 Å². The molecule has 154 valence electrons. The van der Waals surface area contributed by atoms with Gasteiger partial charge in [-0.2, -0.15) is 0 Å². The van der Waals surface area contributed by atoms with Gasteiger partial charge in [-0.1, -0.05) is 36.2 Å². The summed E-state index contributed by atoms with van der Waals surface area (Å²) in [5.41, 5.74) is 5.42. The maximum atomic E-state index is 4.76. The Morgan fingerprint density at radius 2 is 1.79 bits per heavy atom. The van der Waals surface area contributed by atoms with Crippen LogP contribution in [0.15, 0.2) is 30.6 Å². The van der Waals surface area contributed by atoms with Gasteiger partial charge in [0.25, 0.3) is 0 Å². The van der Waals surface area contributed by atoms with E-state index >= 15 is 0 Å². The Balaban J connectivity index is 1.26. The number of aryl methyl sites for hydroxylation is 1. The third-order valence-corrected chi connectivity index (χ3v) is 7.05. The van der Waals surface area contributed by atoms with E-state index in [4.69, 9.17) is 4.98 Å². The maximum absolute atomic E-state index is 4.76. The number of fused-ring (bicyclic) bond motifs is 1. The lowest BCUT2D eigenvalue weighted by Gasteiger charge is -2.43. The SMILES string of the molecule is Cc1cccc(CN2CCc3ncnc(N4CCN(C5CCC5)CC4)c3CC2)c1. The average molecular weight is 392 g/mol. The zero-order valence-corrected chi connectivity index (χ0v) is 17.7. The highest BCUT2D eigenvalue weighted by Crippen LogP contribution is 2.29. The van der Waals surface area contributed by atoms with Crippen molar-refractivity contribution in [2.75, 3.05) is 44.2 Å². The first kappa shape index (κ1) is 19.0. The molecule has 0 atom stereocenters. The molecule has 2 aliphatic heterocycles. The number of hydrogen-bond donors (Lipinski definition) is 0. The molecule has 2 aromatic rings. The molecule has 1 aromatic carbocycles. The van der Waals surface area contributed by atoms with Crippen LogP contribution in [0.2, 0.25) is 0 Å². The molecule has 2 fully saturated rings. The molecular formula is C24H33N5. The van der Waals surface area contributed by atoms with Crippen molar-refractivity contribution in [3.8, 4) is 0 Å². The summed E-state index contributed by atoms with van der Waals surface area (Å²) < 4.78 is 0. The average Bonchev–Trinajstić information content (AvgIpc) is 2.90. The molecule has 0 bridgehead atoms. The van der Waals surface area contributed by atoms with Gasteiger partial charge >= 0.3 is 0 Å². The molecule has 5 rings (SSSR count). The molecule has 1 aliphatic carbocycles. The van der Waals surface area contributed by atoms with Gasteiger partial charge in [0.15, 0.2) is 0 Å². The second kappa shape index (κ2) is 8.41. The van der Waals surface area contributed by atoms with Crippen LogP contribution in [0.5, 0.6) is 0 Å². The molecule has 0 unspecified atom stereocenters. The molecule has 3 heterocycles. The molecule has 29 heavy (non-hydrogen) atoms. The molecule has 5 nitrogen and oxygen atoms in total. The zero-order valence-electron chi connectivity index (χ0n) is 17.7. The summed E-state index contributed by atoms with van der Waals surface area (Å²) >= 11 is 0. The van der Waals surface area contributed by atoms with Gasteiger partial charge in [-0.25, -0.2) is 9.97 Å². The number of piperazine rings is 1. The van der Waals surface area contributed by atoms with Gasteiger partial charge in [-0.3, -0.25) is 9.80 Å². The molecule has 0 N–H and O–H groups in total. The van der Waals surface area contributed by atoms with Crippen molar-refractivity contribution in [2.24, 2.45) is 0 Å². The number of anilines is 1. The van der Waals surface area contributed by atoms with Crippen LogP contribution in [-0.2, 0) is 19.4 Å². The van der Waals surface area contributed by atoms with Crippen molar-refractivity contribution in [3.63, 3.8) is 0 Å². The van der Waals surface area contributed by atoms with Crippen molar-refractivity contribution in [2.45, 2.75) is 51.6 Å². The molecule has 1 aromatic heterocycles. The second-order valence-corrected chi connectivity index (χ2v) is 9.00. The van der Waals surface area contributed by atoms with Crippen molar-refractivity contribution in [3.05, 3.63) is 53.0 Å². The van der Waals surface area contributed by atoms with Crippen LogP contribution >= 0.6 is 0 Å². The first-order chi connectivity index (χ1) is 14.3. The fourth-order valence-corrected chi connectivity index (χ4v) is 5.11. The number of aromatic nitrogens is 2. The Hall–Kier alpha value is -1.98. The molecule has 0 spiro atoms. The van der Waals surface area contributed by atoms with Gasteiger partial charge in [0.2, 0.25) is 0 Å². The van der Waals surface area contributed by atoms with E-state index in [2.05, 4.69) is 50.9 Å². The number of benzene rings is 1. The third kappa shape index (κ3) is 4.17. The Bertz CT molecular complexity index is 839. The summed E-state index contributed by atoms with van der Waals surface area (Å²) in [7, 11) is 0. The van der Waals surface area contributed by atoms with Crippen LogP contribution < -0.4 is 4.90 Å². The van der Waals surface area contributed by atoms with Crippen LogP contribution in [0.3, 0.4) is 0 Å². The molecule has 5 heteroatoms. The minimum atomic E-state index is 0.856. The van der Waals surface area contributed by atoms with Gasteiger partial charge < -0.3 is 4.90 Å². The van der Waals surface area contributed by atoms with E-state index in [0.717, 1.165) is 51.6 Å². The lowest BCUT2D eigenvalue weighted by atomic mass is 9.91. The van der Waals surface area contributed by atoms with Crippen LogP contribution in [0.4, 0.5) is 5.82 Å². The predicted octanol–water partition coefficient (Wildman–Crippen LogP) is 3.06. The van der Waals surface area contributed by atoms with Crippen LogP contribution in [-0.4, -0.2) is 65.1 Å². The van der Waals surface area contributed by atoms with E-state index in [1.807, 2.05) is 0 Å². The standard InChI is InChI=1S/C24H33N5/c1-19-4-2-5-20(16-19)17-27-10-8-22-23(9-11-27)25-18-26-24(22)29-14-12-28(13-15-29)21-6-3-7-21/h2,4-5,16,18,21H,3,6-15,17H2,1H3. The lowest BCUT2D eigenvalue weighted by Crippen LogP contribution is -2.52. The number of rotatable bonds is 4. The van der Waals surface area contributed by atoms with Crippen LogP contribution in [0.1, 0.15) is 41.6 Å². The van der Waals surface area contributed by atoms with Crippen molar-refractivity contribution >= 4 is 5.82 Å². The Labute approximate surface area is 174 Å². The van der Waals surface area contributed by atoms with E-state index < -0.39 is 0 Å². The molecule has 1 saturated heterocycles. The second-order valence-electron chi connectivity index (χ2n) is 9.00. The first-order valence-corrected chi connectivity index (χ1v) is 11.4. The summed E-state index contributed by atoms with van der Waals surface area (Å²) in [5, 5.41) is 0. The third-order valence-electron chi connectivity index (χ3n) is 7.05. The molecule has 0 radical (unpaired) electrons. The summed E-state index contributed by atoms with van der Waals surface area (Å²) in [6.45, 7) is 9.94. The fourth-order valence-electron chi connectivity index (χ4n) is 5.11. The minimum Gasteiger partial charge on any atom is -0.354 e. The van der Waals surface area contributed by atoms with Crippen molar-refractivity contribution in [1.82, 2.24) is 19.8 Å². The molecule has 3 aliphatic rings. The van der Waals surface area contributed by atoms with Gasteiger partial charge in [-0.15, -0.1) is 0 Å². The topological polar surface area (TPSA) is 35.5 Å². The fraction of sp³-hybridized carbons (Fsp3) is 0.583. The number of hydrogen-bond acceptors (Lipinski definition) is 5. The Kier molecular flexibility index (Phi) is 5.51. The highest BCUT2D eigenvalue weighted by atomic mass is 15.3. The van der Waals surface area contributed by atoms with Gasteiger partial charge in [0.05, 0.1) is 5.69 Å². The molecule has 1 saturated carbocycles. The van der Waals surface area contributed by atoms with Gasteiger partial charge in [0.1, 0.15) is 12.1 Å². The minimum absolute atomic E-state index is 0.856. The Morgan fingerprint density at radius 1 is 0.966 bits per heavy atom. The first-order valence-electron chi connectivity index (χ1n) is 11.4. The highest BCUT2D eigenvalue weighted by Gasteiger charge is 2.29. The monoisotopic (exact) mass is 391 g/mol. The summed E-state index contributed by atoms with van der Waals surface area (Å²) in [4.78, 5) is 17.2. The highest BCUT2D eigenvalue weighted by molar-refractivity contribution is 5.50. The van der Waals surface area contributed by atoms with Crippen LogP contribution in [0, 0.1) is 6.92 Å². The van der Waals surface area contributed by atoms with Gasteiger partial charge in [-0.05, 0) is 31.7 Å². The summed E-state index contributed by atoms with van der Waals surface area (Å²) in [6.07, 6.45) is 8.10. The van der Waals surface area contributed by atoms with E-state index in [1.54, 1.807) is 6.33 Å². The van der Waals surface area contributed by atoms with Crippen molar-refractivity contribution < 1.29 is 0 Å². The maximum Gasteiger partial charge on any atom is 0.135 e. The van der Waals surface area contributed by atoms with E-state index in [1.165, 1.54) is 60.6 Å². The lowest BCUT2D eigenvalue weighted by molar-refractivity contribution is 0.120. The summed E-state index contributed by atoms with van der Waals surface area (Å²) in [5.74, 6) is 1.21. The van der Waals surface area contributed by atoms with Crippen LogP contribution in [0.25, 0.3) is 0 Å². The largest absolute Gasteiger partial charge is 0.354 e. The van der Waals surface area contributed by atoms with E-state index in [-0.39, 0.29) is 0 Å². The van der Waals surface area contributed by atoms with E-state index in [0.29, 0.717) is 0 Å². The summed E-state index contributed by atoms with van der Waals surface area (Å²) in [6, 6.07) is 9.76. The molecular weight excluding hydrogens is 358 g/mol. The number of nitrogens with zero attached hydrogens (tertiary/aromatic N) is 5. The predicted molar refractivity (Wildman–Crippen MR) is 117 cm³/mol. The van der Waals surface area contributed by atoms with Crippen molar-refractivity contribution in [1.29, 1.82) is 0 Å². The zero-order chi connectivity index (χ0) is 19.6. The smallest absolute Gasteiger partial charge is 0.135 e. The van der Waals surface area contributed by atoms with E-state index in [9.17, 15) is 0 Å².